The van der Waals surface area contributed by atoms with Gasteiger partial charge in [-0.15, -0.1) is 0 Å². The van der Waals surface area contributed by atoms with Crippen LogP contribution in [0.15, 0.2) is 30.3 Å². The average Bonchev–Trinajstić information content (AvgIpc) is 2.38. The van der Waals surface area contributed by atoms with Gasteiger partial charge in [0.25, 0.3) is 0 Å². The van der Waals surface area contributed by atoms with Crippen LogP contribution in [0.4, 0.5) is 0 Å². The highest BCUT2D eigenvalue weighted by atomic mass is 16.2. The number of benzene rings is 1. The molecule has 0 bridgehead atoms. The predicted octanol–water partition coefficient (Wildman–Crippen LogP) is 2.35. The molecular formula is C15H21NO2. The molecule has 18 heavy (non-hydrogen) atoms. The number of hydrogen-bond acceptors (Lipinski definition) is 2. The van der Waals surface area contributed by atoms with E-state index in [2.05, 4.69) is 5.32 Å². The lowest BCUT2D eigenvalue weighted by Crippen LogP contribution is -2.30. The molecule has 1 amide bonds. The summed E-state index contributed by atoms with van der Waals surface area (Å²) in [4.78, 5) is 23.5. The van der Waals surface area contributed by atoms with E-state index in [0.717, 1.165) is 12.0 Å². The van der Waals surface area contributed by atoms with Crippen LogP contribution in [0.2, 0.25) is 0 Å². The molecule has 0 aromatic heterocycles. The highest BCUT2D eigenvalue weighted by molar-refractivity contribution is 5.86. The molecule has 98 valence electrons. The van der Waals surface area contributed by atoms with Crippen LogP contribution in [-0.4, -0.2) is 18.7 Å². The summed E-state index contributed by atoms with van der Waals surface area (Å²) >= 11 is 0. The first kappa shape index (κ1) is 14.4. The number of rotatable bonds is 7. The Morgan fingerprint density at radius 1 is 1.22 bits per heavy atom. The Balaban J connectivity index is 2.67. The molecule has 0 aliphatic heterocycles. The highest BCUT2D eigenvalue weighted by Crippen LogP contribution is 2.14. The Bertz CT molecular complexity index is 387. The van der Waals surface area contributed by atoms with Crippen LogP contribution in [-0.2, 0) is 16.0 Å². The zero-order chi connectivity index (χ0) is 13.4. The molecule has 1 atom stereocenters. The Labute approximate surface area is 109 Å². The fraction of sp³-hybridized carbons (Fsp3) is 0.467. The van der Waals surface area contributed by atoms with Gasteiger partial charge in [0.2, 0.25) is 5.91 Å². The van der Waals surface area contributed by atoms with Gasteiger partial charge in [-0.25, -0.2) is 0 Å². The van der Waals surface area contributed by atoms with Gasteiger partial charge in [0.15, 0.2) is 0 Å². The first-order valence-corrected chi connectivity index (χ1v) is 6.44. The Morgan fingerprint density at radius 3 is 2.44 bits per heavy atom. The third-order valence-electron chi connectivity index (χ3n) is 2.95. The number of carbonyl (C=O) groups is 2. The molecule has 0 aliphatic carbocycles. The van der Waals surface area contributed by atoms with Crippen LogP contribution in [0.1, 0.15) is 31.7 Å². The highest BCUT2D eigenvalue weighted by Gasteiger charge is 2.20. The molecule has 3 nitrogen and oxygen atoms in total. The van der Waals surface area contributed by atoms with Crippen LogP contribution >= 0.6 is 0 Å². The van der Waals surface area contributed by atoms with E-state index in [9.17, 15) is 9.59 Å². The number of hydrogen-bond donors (Lipinski definition) is 1. The van der Waals surface area contributed by atoms with Crippen molar-refractivity contribution in [2.24, 2.45) is 5.92 Å². The molecule has 1 N–H and O–H groups in total. The van der Waals surface area contributed by atoms with Crippen LogP contribution < -0.4 is 5.32 Å². The van der Waals surface area contributed by atoms with Gasteiger partial charge in [-0.2, -0.15) is 0 Å². The molecule has 0 spiro atoms. The number of ketones is 1. The molecule has 1 aromatic rings. The van der Waals surface area contributed by atoms with Crippen molar-refractivity contribution in [1.29, 1.82) is 0 Å². The third kappa shape index (κ3) is 4.70. The number of carbonyl (C=O) groups excluding carboxylic acids is 2. The lowest BCUT2D eigenvalue weighted by Gasteiger charge is -2.14. The maximum absolute atomic E-state index is 11.8. The molecule has 0 saturated carbocycles. The second kappa shape index (κ2) is 7.64. The summed E-state index contributed by atoms with van der Waals surface area (Å²) in [6.45, 7) is 1.98. The molecule has 0 fully saturated rings. The SMILES string of the molecule is CCCC(=O)CC(Cc1ccccc1)C(=O)NC. The largest absolute Gasteiger partial charge is 0.359 e. The Kier molecular flexibility index (Phi) is 6.12. The molecule has 1 unspecified atom stereocenters. The van der Waals surface area contributed by atoms with Gasteiger partial charge in [0.1, 0.15) is 5.78 Å². The molecule has 1 aromatic carbocycles. The molecule has 0 radical (unpaired) electrons. The van der Waals surface area contributed by atoms with E-state index in [1.165, 1.54) is 0 Å². The Morgan fingerprint density at radius 2 is 1.89 bits per heavy atom. The van der Waals surface area contributed by atoms with Crippen LogP contribution in [0.5, 0.6) is 0 Å². The lowest BCUT2D eigenvalue weighted by molar-refractivity contribution is -0.129. The van der Waals surface area contributed by atoms with E-state index in [4.69, 9.17) is 0 Å². The van der Waals surface area contributed by atoms with Crippen molar-refractivity contribution in [1.82, 2.24) is 5.32 Å². The summed E-state index contributed by atoms with van der Waals surface area (Å²) in [5, 5.41) is 2.64. The van der Waals surface area contributed by atoms with Gasteiger partial charge in [-0.3, -0.25) is 9.59 Å². The summed E-state index contributed by atoms with van der Waals surface area (Å²) < 4.78 is 0. The van der Waals surface area contributed by atoms with E-state index < -0.39 is 0 Å². The van der Waals surface area contributed by atoms with Crippen molar-refractivity contribution in [2.75, 3.05) is 7.05 Å². The second-order valence-electron chi connectivity index (χ2n) is 4.49. The van der Waals surface area contributed by atoms with E-state index in [1.54, 1.807) is 7.05 Å². The van der Waals surface area contributed by atoms with Crippen molar-refractivity contribution in [2.45, 2.75) is 32.6 Å². The summed E-state index contributed by atoms with van der Waals surface area (Å²) in [7, 11) is 1.62. The van der Waals surface area contributed by atoms with Crippen molar-refractivity contribution in [3.05, 3.63) is 35.9 Å². The van der Waals surface area contributed by atoms with E-state index in [1.807, 2.05) is 37.3 Å². The first-order chi connectivity index (χ1) is 8.67. The zero-order valence-corrected chi connectivity index (χ0v) is 11.1. The summed E-state index contributed by atoms with van der Waals surface area (Å²) in [6.07, 6.45) is 2.35. The molecular weight excluding hydrogens is 226 g/mol. The predicted molar refractivity (Wildman–Crippen MR) is 72.2 cm³/mol. The first-order valence-electron chi connectivity index (χ1n) is 6.44. The van der Waals surface area contributed by atoms with Crippen molar-refractivity contribution in [3.8, 4) is 0 Å². The number of Topliss-reactive ketones (excluding diaryl/α,β-unsaturated/α-hetero) is 1. The quantitative estimate of drug-likeness (QED) is 0.804. The molecule has 0 heterocycles. The van der Waals surface area contributed by atoms with E-state index >= 15 is 0 Å². The van der Waals surface area contributed by atoms with Gasteiger partial charge < -0.3 is 5.32 Å². The number of amides is 1. The summed E-state index contributed by atoms with van der Waals surface area (Å²) in [5.74, 6) is -0.137. The van der Waals surface area contributed by atoms with Gasteiger partial charge in [0.05, 0.1) is 0 Å². The van der Waals surface area contributed by atoms with Gasteiger partial charge >= 0.3 is 0 Å². The fourth-order valence-electron chi connectivity index (χ4n) is 2.02. The second-order valence-corrected chi connectivity index (χ2v) is 4.49. The lowest BCUT2D eigenvalue weighted by atomic mass is 9.92. The normalized spacial score (nSPS) is 11.9. The van der Waals surface area contributed by atoms with Crippen LogP contribution in [0, 0.1) is 5.92 Å². The molecule has 1 rings (SSSR count). The zero-order valence-electron chi connectivity index (χ0n) is 11.1. The number of nitrogens with one attached hydrogen (secondary N) is 1. The van der Waals surface area contributed by atoms with E-state index in [-0.39, 0.29) is 17.6 Å². The summed E-state index contributed by atoms with van der Waals surface area (Å²) in [6, 6.07) is 9.81. The standard InChI is InChI=1S/C15H21NO2/c1-3-7-14(17)11-13(15(18)16-2)10-12-8-5-4-6-9-12/h4-6,8-9,13H,3,7,10-11H2,1-2H3,(H,16,18). The minimum atomic E-state index is -0.253. The van der Waals surface area contributed by atoms with Crippen LogP contribution in [0.3, 0.4) is 0 Å². The maximum Gasteiger partial charge on any atom is 0.223 e. The van der Waals surface area contributed by atoms with Crippen molar-refractivity contribution in [3.63, 3.8) is 0 Å². The maximum atomic E-state index is 11.8. The van der Waals surface area contributed by atoms with Crippen molar-refractivity contribution >= 4 is 11.7 Å². The minimum Gasteiger partial charge on any atom is -0.359 e. The van der Waals surface area contributed by atoms with E-state index in [0.29, 0.717) is 19.3 Å². The van der Waals surface area contributed by atoms with Gasteiger partial charge in [0, 0.05) is 25.8 Å². The third-order valence-corrected chi connectivity index (χ3v) is 2.95. The molecule has 0 saturated heterocycles. The molecule has 3 heteroatoms. The minimum absolute atomic E-state index is 0.0525. The summed E-state index contributed by atoms with van der Waals surface area (Å²) in [5.41, 5.74) is 1.09. The van der Waals surface area contributed by atoms with Crippen molar-refractivity contribution < 1.29 is 9.59 Å². The molecule has 0 aliphatic rings. The van der Waals surface area contributed by atoms with Crippen LogP contribution in [0.25, 0.3) is 0 Å². The fourth-order valence-corrected chi connectivity index (χ4v) is 2.02. The monoisotopic (exact) mass is 247 g/mol. The Hall–Kier alpha value is -1.64. The smallest absolute Gasteiger partial charge is 0.223 e. The topological polar surface area (TPSA) is 46.2 Å². The van der Waals surface area contributed by atoms with Gasteiger partial charge in [-0.1, -0.05) is 37.3 Å². The average molecular weight is 247 g/mol. The van der Waals surface area contributed by atoms with Gasteiger partial charge in [-0.05, 0) is 18.4 Å².